The summed E-state index contributed by atoms with van der Waals surface area (Å²) in [6, 6.07) is 17.9. The molecule has 0 aliphatic carbocycles. The molecule has 0 saturated heterocycles. The van der Waals surface area contributed by atoms with Crippen molar-refractivity contribution in [1.82, 2.24) is 0 Å². The lowest BCUT2D eigenvalue weighted by molar-refractivity contribution is -0.651. The van der Waals surface area contributed by atoms with E-state index in [-0.39, 0.29) is 17.0 Å². The Labute approximate surface area is 131 Å². The van der Waals surface area contributed by atoms with Crippen molar-refractivity contribution in [2.24, 2.45) is 5.16 Å². The van der Waals surface area contributed by atoms with Crippen LogP contribution in [-0.2, 0) is 6.54 Å². The molecule has 1 N–H and O–H groups in total. The minimum Gasteiger partial charge on any atom is -1.00 e. The van der Waals surface area contributed by atoms with Gasteiger partial charge in [0, 0.05) is 11.6 Å². The van der Waals surface area contributed by atoms with Crippen molar-refractivity contribution >= 4 is 27.3 Å². The molecule has 1 aromatic heterocycles. The minimum atomic E-state index is 0. The lowest BCUT2D eigenvalue weighted by Crippen LogP contribution is -3.00. The molecule has 5 heteroatoms. The molecule has 1 heterocycles. The number of para-hydroxylation sites is 1. The molecule has 2 aromatic carbocycles. The molecular weight excluding hydrogens is 336 g/mol. The van der Waals surface area contributed by atoms with Crippen molar-refractivity contribution < 1.29 is 26.8 Å². The van der Waals surface area contributed by atoms with Crippen LogP contribution in [0.15, 0.2) is 65.3 Å². The highest BCUT2D eigenvalue weighted by Crippen LogP contribution is 2.15. The molecule has 3 nitrogen and oxygen atoms in total. The van der Waals surface area contributed by atoms with Gasteiger partial charge in [0.1, 0.15) is 4.70 Å². The maximum absolute atomic E-state index is 9.23. The highest BCUT2D eigenvalue weighted by atomic mass is 79.9. The summed E-state index contributed by atoms with van der Waals surface area (Å²) in [6.07, 6.45) is 0. The average Bonchev–Trinajstić information content (AvgIpc) is 2.89. The highest BCUT2D eigenvalue weighted by Gasteiger charge is 2.15. The quantitative estimate of drug-likeness (QED) is 0.309. The molecule has 0 aliphatic rings. The van der Waals surface area contributed by atoms with Gasteiger partial charge in [-0.3, -0.25) is 0 Å². The van der Waals surface area contributed by atoms with Crippen LogP contribution in [0.25, 0.3) is 10.2 Å². The number of nitrogens with zero attached hydrogens (tertiary/aromatic N) is 2. The molecule has 3 rings (SSSR count). The minimum absolute atomic E-state index is 0. The van der Waals surface area contributed by atoms with E-state index in [0.717, 1.165) is 11.1 Å². The van der Waals surface area contributed by atoms with Crippen molar-refractivity contribution in [3.63, 3.8) is 0 Å². The van der Waals surface area contributed by atoms with Crippen LogP contribution >= 0.6 is 11.3 Å². The predicted molar refractivity (Wildman–Crippen MR) is 76.8 cm³/mol. The number of hydrogen-bond acceptors (Lipinski definition) is 3. The first-order chi connectivity index (χ1) is 9.38. The van der Waals surface area contributed by atoms with Crippen LogP contribution in [0.3, 0.4) is 0 Å². The second-order valence-corrected chi connectivity index (χ2v) is 5.12. The first-order valence-electron chi connectivity index (χ1n) is 6.00. The zero-order valence-electron chi connectivity index (χ0n) is 10.6. The smallest absolute Gasteiger partial charge is 0.226 e. The first kappa shape index (κ1) is 14.7. The summed E-state index contributed by atoms with van der Waals surface area (Å²) in [6.45, 7) is 0.560. The van der Waals surface area contributed by atoms with E-state index in [0.29, 0.717) is 12.3 Å². The Bertz CT molecular complexity index is 725. The van der Waals surface area contributed by atoms with Crippen molar-refractivity contribution in [3.05, 3.63) is 65.7 Å². The van der Waals surface area contributed by atoms with E-state index < -0.39 is 0 Å². The van der Waals surface area contributed by atoms with Gasteiger partial charge in [-0.1, -0.05) is 59.0 Å². The summed E-state index contributed by atoms with van der Waals surface area (Å²) >= 11 is 1.69. The predicted octanol–water partition coefficient (Wildman–Crippen LogP) is 0.0713. The first-order valence-corrected chi connectivity index (χ1v) is 6.88. The molecule has 0 unspecified atom stereocenters. The molecule has 3 aromatic rings. The van der Waals surface area contributed by atoms with Gasteiger partial charge < -0.3 is 22.2 Å². The third-order valence-electron chi connectivity index (χ3n) is 3.03. The van der Waals surface area contributed by atoms with Crippen LogP contribution in [0.1, 0.15) is 5.56 Å². The molecule has 0 spiro atoms. The number of hydrogen-bond donors (Lipinski definition) is 1. The number of benzene rings is 2. The lowest BCUT2D eigenvalue weighted by atomic mass is 10.1. The van der Waals surface area contributed by atoms with Gasteiger partial charge in [-0.2, -0.15) is 4.57 Å². The third kappa shape index (κ3) is 2.89. The molecule has 0 amide bonds. The zero-order valence-corrected chi connectivity index (χ0v) is 13.0. The van der Waals surface area contributed by atoms with E-state index in [1.807, 2.05) is 42.5 Å². The summed E-state index contributed by atoms with van der Waals surface area (Å²) in [7, 11) is 0. The van der Waals surface area contributed by atoms with Crippen molar-refractivity contribution in [3.8, 4) is 0 Å². The highest BCUT2D eigenvalue weighted by molar-refractivity contribution is 7.16. The Balaban J connectivity index is 0.00000147. The van der Waals surface area contributed by atoms with Gasteiger partial charge in [-0.05, 0) is 6.07 Å². The summed E-state index contributed by atoms with van der Waals surface area (Å²) in [4.78, 5) is 0. The Morgan fingerprint density at radius 2 is 1.75 bits per heavy atom. The second-order valence-electron chi connectivity index (χ2n) is 4.23. The van der Waals surface area contributed by atoms with E-state index in [1.165, 1.54) is 4.70 Å². The van der Waals surface area contributed by atoms with Crippen LogP contribution in [-0.4, -0.2) is 10.9 Å². The maximum Gasteiger partial charge on any atom is 0.226 e. The molecule has 0 bridgehead atoms. The topological polar surface area (TPSA) is 36.5 Å². The number of rotatable bonds is 3. The molecule has 0 atom stereocenters. The van der Waals surface area contributed by atoms with Gasteiger partial charge in [-0.25, -0.2) is 0 Å². The van der Waals surface area contributed by atoms with E-state index in [2.05, 4.69) is 27.4 Å². The van der Waals surface area contributed by atoms with Gasteiger partial charge in [0.15, 0.2) is 12.3 Å². The maximum atomic E-state index is 9.23. The number of aromatic nitrogens is 1. The van der Waals surface area contributed by atoms with Crippen LogP contribution < -0.4 is 21.5 Å². The number of halogens is 1. The Morgan fingerprint density at radius 3 is 2.50 bits per heavy atom. The van der Waals surface area contributed by atoms with Gasteiger partial charge in [-0.15, -0.1) is 0 Å². The van der Waals surface area contributed by atoms with E-state index >= 15 is 0 Å². The van der Waals surface area contributed by atoms with Crippen LogP contribution in [0, 0.1) is 0 Å². The number of oxime groups is 1. The molecule has 0 radical (unpaired) electrons. The summed E-state index contributed by atoms with van der Waals surface area (Å²) in [5.74, 6) is 0. The van der Waals surface area contributed by atoms with Crippen LogP contribution in [0.5, 0.6) is 0 Å². The standard InChI is InChI=1S/C15H12N2OS.BrH/c18-16-13(12-6-2-1-3-7-12)10-17-11-19-15-9-5-4-8-14(15)17;/h1-9,11H,10H2;1H. The molecular formula is C15H13BrN2OS. The lowest BCUT2D eigenvalue weighted by Gasteiger charge is -2.00. The summed E-state index contributed by atoms with van der Waals surface area (Å²) < 4.78 is 3.33. The van der Waals surface area contributed by atoms with Crippen LogP contribution in [0.4, 0.5) is 0 Å². The van der Waals surface area contributed by atoms with Gasteiger partial charge in [0.05, 0.1) is 0 Å². The van der Waals surface area contributed by atoms with Crippen molar-refractivity contribution in [2.45, 2.75) is 6.54 Å². The monoisotopic (exact) mass is 348 g/mol. The molecule has 0 aliphatic heterocycles. The number of thiazole rings is 1. The Kier molecular flexibility index (Phi) is 4.87. The number of fused-ring (bicyclic) bond motifs is 1. The average molecular weight is 349 g/mol. The largest absolute Gasteiger partial charge is 1.00 e. The third-order valence-corrected chi connectivity index (χ3v) is 3.99. The van der Waals surface area contributed by atoms with Gasteiger partial charge >= 0.3 is 0 Å². The molecule has 0 fully saturated rings. The van der Waals surface area contributed by atoms with Crippen molar-refractivity contribution in [1.29, 1.82) is 0 Å². The Hall–Kier alpha value is -1.72. The SMILES string of the molecule is ON=C(C[n+]1csc2ccccc21)c1ccccc1.[Br-]. The van der Waals surface area contributed by atoms with Crippen LogP contribution in [0.2, 0.25) is 0 Å². The fourth-order valence-corrected chi connectivity index (χ4v) is 2.96. The fourth-order valence-electron chi connectivity index (χ4n) is 2.07. The van der Waals surface area contributed by atoms with Gasteiger partial charge in [0.2, 0.25) is 11.0 Å². The fraction of sp³-hybridized carbons (Fsp3) is 0.0667. The normalized spacial score (nSPS) is 11.3. The summed E-state index contributed by atoms with van der Waals surface area (Å²) in [5.41, 5.74) is 4.81. The second kappa shape index (κ2) is 6.63. The molecule has 102 valence electrons. The van der Waals surface area contributed by atoms with E-state index in [9.17, 15) is 5.21 Å². The van der Waals surface area contributed by atoms with Crippen molar-refractivity contribution in [2.75, 3.05) is 0 Å². The van der Waals surface area contributed by atoms with Gasteiger partial charge in [0.25, 0.3) is 0 Å². The molecule has 0 saturated carbocycles. The zero-order chi connectivity index (χ0) is 13.1. The van der Waals surface area contributed by atoms with E-state index in [4.69, 9.17) is 0 Å². The Morgan fingerprint density at radius 1 is 1.05 bits per heavy atom. The summed E-state index contributed by atoms with van der Waals surface area (Å²) in [5, 5.41) is 12.7. The molecule has 20 heavy (non-hydrogen) atoms. The van der Waals surface area contributed by atoms with E-state index in [1.54, 1.807) is 11.3 Å².